The summed E-state index contributed by atoms with van der Waals surface area (Å²) in [6.45, 7) is 4.57. The molecule has 0 amide bonds. The Bertz CT molecular complexity index is 2350. The molecular formula is C52H58N2. The summed E-state index contributed by atoms with van der Waals surface area (Å²) in [5.41, 5.74) is 10.6. The first-order valence-electron chi connectivity index (χ1n) is 21.1. The second kappa shape index (κ2) is 16.3. The maximum absolute atomic E-state index is 2.41. The van der Waals surface area contributed by atoms with Crippen molar-refractivity contribution in [2.75, 3.05) is 0 Å². The van der Waals surface area contributed by atoms with Crippen molar-refractivity contribution in [3.63, 3.8) is 0 Å². The van der Waals surface area contributed by atoms with Crippen molar-refractivity contribution in [2.24, 2.45) is 14.1 Å². The van der Waals surface area contributed by atoms with E-state index in [1.807, 2.05) is 0 Å². The first kappa shape index (κ1) is 36.2. The SMILES string of the molecule is CCCCCCCCc1ccc(-c2cc3c4ccc5c(ccc6c5ccc5c6cc(-c6ccc(CCCCCCCC)cc6)n5C)c4ccc3n2C)cc1. The van der Waals surface area contributed by atoms with Gasteiger partial charge in [0, 0.05) is 47.3 Å². The van der Waals surface area contributed by atoms with Crippen LogP contribution in [0.3, 0.4) is 0 Å². The molecule has 0 aliphatic heterocycles. The highest BCUT2D eigenvalue weighted by Crippen LogP contribution is 2.40. The van der Waals surface area contributed by atoms with Gasteiger partial charge in [-0.3, -0.25) is 0 Å². The van der Waals surface area contributed by atoms with E-state index in [-0.39, 0.29) is 0 Å². The van der Waals surface area contributed by atoms with Gasteiger partial charge in [0.05, 0.1) is 0 Å². The van der Waals surface area contributed by atoms with Crippen LogP contribution in [0.1, 0.15) is 102 Å². The van der Waals surface area contributed by atoms with E-state index in [0.717, 1.165) is 0 Å². The van der Waals surface area contributed by atoms with E-state index in [1.54, 1.807) is 0 Å². The Labute approximate surface area is 322 Å². The maximum Gasteiger partial charge on any atom is 0.0489 e. The summed E-state index contributed by atoms with van der Waals surface area (Å²) >= 11 is 0. The van der Waals surface area contributed by atoms with Crippen LogP contribution in [0.2, 0.25) is 0 Å². The Morgan fingerprint density at radius 2 is 0.648 bits per heavy atom. The zero-order chi connectivity index (χ0) is 37.0. The molecule has 0 saturated heterocycles. The molecule has 0 atom stereocenters. The molecule has 0 saturated carbocycles. The quantitative estimate of drug-likeness (QED) is 0.0698. The Morgan fingerprint density at radius 1 is 0.333 bits per heavy atom. The largest absolute Gasteiger partial charge is 0.344 e. The van der Waals surface area contributed by atoms with E-state index in [4.69, 9.17) is 0 Å². The molecule has 276 valence electrons. The lowest BCUT2D eigenvalue weighted by Crippen LogP contribution is -1.92. The Hall–Kier alpha value is -4.82. The number of benzene rings is 6. The Balaban J connectivity index is 1.06. The van der Waals surface area contributed by atoms with Crippen LogP contribution in [0.25, 0.3) is 76.6 Å². The zero-order valence-electron chi connectivity index (χ0n) is 33.2. The standard InChI is InChI=1S/C52H58N2/c1-5-7-9-11-13-15-17-37-19-23-39(24-20-37)51-35-47-45-29-27-42-41(43(45)31-33-49(47)53(51)3)28-30-46-44(42)32-34-50-48(46)36-52(54(50)4)40-25-21-38(22-26-40)18-16-14-12-10-8-6-2/h19-36H,5-18H2,1-4H3. The number of unbranched alkanes of at least 4 members (excludes halogenated alkanes) is 10. The third-order valence-corrected chi connectivity index (χ3v) is 12.4. The van der Waals surface area contributed by atoms with E-state index in [1.165, 1.54) is 178 Å². The number of fused-ring (bicyclic) bond motifs is 9. The average Bonchev–Trinajstić information content (AvgIpc) is 3.73. The van der Waals surface area contributed by atoms with Crippen molar-refractivity contribution in [3.05, 3.63) is 120 Å². The summed E-state index contributed by atoms with van der Waals surface area (Å²) in [7, 11) is 4.43. The van der Waals surface area contributed by atoms with Gasteiger partial charge in [-0.15, -0.1) is 0 Å². The van der Waals surface area contributed by atoms with Crippen molar-refractivity contribution < 1.29 is 0 Å². The fraction of sp³-hybridized carbons (Fsp3) is 0.346. The molecule has 0 aliphatic rings. The van der Waals surface area contributed by atoms with Crippen molar-refractivity contribution in [1.29, 1.82) is 0 Å². The summed E-state index contributed by atoms with van der Waals surface area (Å²) in [6, 6.07) is 42.3. The van der Waals surface area contributed by atoms with E-state index in [2.05, 4.69) is 146 Å². The third-order valence-electron chi connectivity index (χ3n) is 12.4. The molecule has 54 heavy (non-hydrogen) atoms. The minimum Gasteiger partial charge on any atom is -0.344 e. The molecule has 0 aliphatic carbocycles. The normalized spacial score (nSPS) is 12.0. The van der Waals surface area contributed by atoms with Crippen LogP contribution in [0, 0.1) is 0 Å². The highest BCUT2D eigenvalue weighted by Gasteiger charge is 2.16. The number of hydrogen-bond acceptors (Lipinski definition) is 0. The van der Waals surface area contributed by atoms with Gasteiger partial charge in [0.15, 0.2) is 0 Å². The molecule has 2 heterocycles. The molecule has 2 nitrogen and oxygen atoms in total. The van der Waals surface area contributed by atoms with Gasteiger partial charge in [-0.05, 0) is 105 Å². The number of aryl methyl sites for hydroxylation is 4. The zero-order valence-corrected chi connectivity index (χ0v) is 33.2. The van der Waals surface area contributed by atoms with Crippen LogP contribution in [0.5, 0.6) is 0 Å². The van der Waals surface area contributed by atoms with Gasteiger partial charge in [0.1, 0.15) is 0 Å². The molecular weight excluding hydrogens is 653 g/mol. The molecule has 0 fully saturated rings. The van der Waals surface area contributed by atoms with Crippen molar-refractivity contribution in [2.45, 2.75) is 104 Å². The molecule has 0 radical (unpaired) electrons. The van der Waals surface area contributed by atoms with Gasteiger partial charge in [0.2, 0.25) is 0 Å². The monoisotopic (exact) mass is 710 g/mol. The molecule has 0 bridgehead atoms. The lowest BCUT2D eigenvalue weighted by molar-refractivity contribution is 0.607. The molecule has 6 aromatic carbocycles. The minimum absolute atomic E-state index is 1.18. The fourth-order valence-electron chi connectivity index (χ4n) is 9.13. The van der Waals surface area contributed by atoms with Crippen molar-refractivity contribution in [3.8, 4) is 22.5 Å². The van der Waals surface area contributed by atoms with Gasteiger partial charge < -0.3 is 9.13 Å². The predicted molar refractivity (Wildman–Crippen MR) is 237 cm³/mol. The highest BCUT2D eigenvalue weighted by atomic mass is 14.9. The van der Waals surface area contributed by atoms with Crippen molar-refractivity contribution in [1.82, 2.24) is 9.13 Å². The summed E-state index contributed by atoms with van der Waals surface area (Å²) < 4.78 is 4.74. The van der Waals surface area contributed by atoms with Gasteiger partial charge in [-0.2, -0.15) is 0 Å². The number of nitrogens with zero attached hydrogens (tertiary/aromatic N) is 2. The second-order valence-corrected chi connectivity index (χ2v) is 16.0. The molecule has 0 N–H and O–H groups in total. The molecule has 8 rings (SSSR count). The number of hydrogen-bond donors (Lipinski definition) is 0. The van der Waals surface area contributed by atoms with Crippen LogP contribution in [0.15, 0.2) is 109 Å². The van der Waals surface area contributed by atoms with Crippen LogP contribution in [0.4, 0.5) is 0 Å². The average molecular weight is 711 g/mol. The first-order valence-corrected chi connectivity index (χ1v) is 21.1. The Kier molecular flexibility index (Phi) is 10.9. The smallest absolute Gasteiger partial charge is 0.0489 e. The Morgan fingerprint density at radius 3 is 1.02 bits per heavy atom. The maximum atomic E-state index is 2.41. The second-order valence-electron chi connectivity index (χ2n) is 16.0. The van der Waals surface area contributed by atoms with E-state index in [0.29, 0.717) is 0 Å². The van der Waals surface area contributed by atoms with Gasteiger partial charge in [-0.25, -0.2) is 0 Å². The molecule has 0 unspecified atom stereocenters. The van der Waals surface area contributed by atoms with Crippen LogP contribution < -0.4 is 0 Å². The van der Waals surface area contributed by atoms with Gasteiger partial charge in [0.25, 0.3) is 0 Å². The summed E-state index contributed by atoms with van der Waals surface area (Å²) in [5.74, 6) is 0. The summed E-state index contributed by atoms with van der Waals surface area (Å²) in [6.07, 6.45) is 18.5. The van der Waals surface area contributed by atoms with Crippen LogP contribution in [-0.2, 0) is 26.9 Å². The third kappa shape index (κ3) is 7.08. The molecule has 0 spiro atoms. The van der Waals surface area contributed by atoms with E-state index >= 15 is 0 Å². The highest BCUT2D eigenvalue weighted by molar-refractivity contribution is 6.25. The predicted octanol–water partition coefficient (Wildman–Crippen LogP) is 15.3. The minimum atomic E-state index is 1.18. The number of aromatic nitrogens is 2. The lowest BCUT2D eigenvalue weighted by atomic mass is 9.94. The number of rotatable bonds is 16. The topological polar surface area (TPSA) is 9.86 Å². The van der Waals surface area contributed by atoms with Gasteiger partial charge in [-0.1, -0.05) is 163 Å². The van der Waals surface area contributed by atoms with Crippen LogP contribution >= 0.6 is 0 Å². The molecule has 2 aromatic heterocycles. The van der Waals surface area contributed by atoms with E-state index in [9.17, 15) is 0 Å². The summed E-state index contributed by atoms with van der Waals surface area (Å²) in [4.78, 5) is 0. The van der Waals surface area contributed by atoms with Crippen molar-refractivity contribution >= 4 is 54.1 Å². The first-order chi connectivity index (χ1) is 26.6. The summed E-state index contributed by atoms with van der Waals surface area (Å²) in [5, 5.41) is 10.6. The van der Waals surface area contributed by atoms with Crippen LogP contribution in [-0.4, -0.2) is 9.13 Å². The fourth-order valence-corrected chi connectivity index (χ4v) is 9.13. The lowest BCUT2D eigenvalue weighted by Gasteiger charge is -2.10. The molecule has 2 heteroatoms. The van der Waals surface area contributed by atoms with Gasteiger partial charge >= 0.3 is 0 Å². The van der Waals surface area contributed by atoms with E-state index < -0.39 is 0 Å². The molecule has 8 aromatic rings.